The van der Waals surface area contributed by atoms with Gasteiger partial charge >= 0.3 is 0 Å². The molecule has 1 saturated heterocycles. The summed E-state index contributed by atoms with van der Waals surface area (Å²) in [6, 6.07) is 7.43. The number of aliphatic imine (C=N–C) groups is 1. The first-order chi connectivity index (χ1) is 14.0. The lowest BCUT2D eigenvalue weighted by Gasteiger charge is -2.26. The molecule has 0 atom stereocenters. The van der Waals surface area contributed by atoms with Crippen molar-refractivity contribution in [1.82, 2.24) is 20.9 Å². The summed E-state index contributed by atoms with van der Waals surface area (Å²) in [7, 11) is 1.74. The second kappa shape index (κ2) is 12.1. The summed E-state index contributed by atoms with van der Waals surface area (Å²) < 4.78 is 5.57. The van der Waals surface area contributed by atoms with Crippen molar-refractivity contribution in [3.8, 4) is 0 Å². The lowest BCUT2D eigenvalue weighted by atomic mass is 10.1. The van der Waals surface area contributed by atoms with Gasteiger partial charge < -0.3 is 25.6 Å². The highest BCUT2D eigenvalue weighted by Gasteiger charge is 2.22. The van der Waals surface area contributed by atoms with Gasteiger partial charge in [0.1, 0.15) is 0 Å². The standard InChI is InChI=1S/C21H33N5O3/c1-16(2)15-29-12-4-9-24-21(22-3)25-13-17-5-7-18(8-6-17)20(28)26-11-10-23-19(27)14-26/h5-8,16H,4,9-15H2,1-3H3,(H,23,27)(H2,22,24,25). The molecular formula is C21H33N5O3. The van der Waals surface area contributed by atoms with Crippen molar-refractivity contribution in [3.63, 3.8) is 0 Å². The highest BCUT2D eigenvalue weighted by molar-refractivity contribution is 5.97. The Bertz CT molecular complexity index is 688. The van der Waals surface area contributed by atoms with Crippen LogP contribution in [0.5, 0.6) is 0 Å². The molecule has 3 N–H and O–H groups in total. The quantitative estimate of drug-likeness (QED) is 0.325. The number of piperazine rings is 1. The van der Waals surface area contributed by atoms with E-state index in [1.807, 2.05) is 12.1 Å². The number of hydrogen-bond donors (Lipinski definition) is 3. The van der Waals surface area contributed by atoms with Crippen LogP contribution >= 0.6 is 0 Å². The fourth-order valence-corrected chi connectivity index (χ4v) is 2.87. The Morgan fingerprint density at radius 2 is 2.03 bits per heavy atom. The second-order valence-corrected chi connectivity index (χ2v) is 7.45. The summed E-state index contributed by atoms with van der Waals surface area (Å²) in [6.07, 6.45) is 0.915. The molecule has 0 aromatic heterocycles. The Labute approximate surface area is 173 Å². The van der Waals surface area contributed by atoms with Gasteiger partial charge in [-0.05, 0) is 30.0 Å². The number of hydrogen-bond acceptors (Lipinski definition) is 4. The van der Waals surface area contributed by atoms with Crippen molar-refractivity contribution < 1.29 is 14.3 Å². The number of rotatable bonds is 9. The first-order valence-corrected chi connectivity index (χ1v) is 10.2. The second-order valence-electron chi connectivity index (χ2n) is 7.45. The predicted molar refractivity (Wildman–Crippen MR) is 114 cm³/mol. The minimum atomic E-state index is -0.115. The van der Waals surface area contributed by atoms with E-state index >= 15 is 0 Å². The van der Waals surface area contributed by atoms with E-state index in [4.69, 9.17) is 4.74 Å². The molecule has 0 spiro atoms. The normalized spacial score (nSPS) is 14.7. The zero-order valence-electron chi connectivity index (χ0n) is 17.7. The summed E-state index contributed by atoms with van der Waals surface area (Å²) in [4.78, 5) is 29.7. The smallest absolute Gasteiger partial charge is 0.254 e. The van der Waals surface area contributed by atoms with Crippen molar-refractivity contribution >= 4 is 17.8 Å². The zero-order valence-corrected chi connectivity index (χ0v) is 17.7. The average Bonchev–Trinajstić information content (AvgIpc) is 2.72. The van der Waals surface area contributed by atoms with Gasteiger partial charge in [0.25, 0.3) is 5.91 Å². The average molecular weight is 404 g/mol. The molecule has 8 nitrogen and oxygen atoms in total. The molecule has 2 rings (SSSR count). The van der Waals surface area contributed by atoms with E-state index in [1.165, 1.54) is 0 Å². The molecule has 1 aliphatic rings. The molecule has 1 fully saturated rings. The van der Waals surface area contributed by atoms with Gasteiger partial charge in [-0.15, -0.1) is 0 Å². The van der Waals surface area contributed by atoms with Crippen LogP contribution in [0.4, 0.5) is 0 Å². The van der Waals surface area contributed by atoms with Gasteiger partial charge in [0.05, 0.1) is 6.54 Å². The Morgan fingerprint density at radius 1 is 1.28 bits per heavy atom. The summed E-state index contributed by atoms with van der Waals surface area (Å²) in [5, 5.41) is 9.25. The van der Waals surface area contributed by atoms with Gasteiger partial charge in [0, 0.05) is 52.0 Å². The maximum Gasteiger partial charge on any atom is 0.254 e. The first-order valence-electron chi connectivity index (χ1n) is 10.2. The number of carbonyl (C=O) groups is 2. The number of amides is 2. The van der Waals surface area contributed by atoms with E-state index in [0.29, 0.717) is 31.1 Å². The topological polar surface area (TPSA) is 95.1 Å². The maximum atomic E-state index is 12.5. The third-order valence-corrected chi connectivity index (χ3v) is 4.42. The van der Waals surface area contributed by atoms with E-state index < -0.39 is 0 Å². The summed E-state index contributed by atoms with van der Waals surface area (Å²) in [5.41, 5.74) is 1.63. The highest BCUT2D eigenvalue weighted by atomic mass is 16.5. The third kappa shape index (κ3) is 8.11. The van der Waals surface area contributed by atoms with Gasteiger partial charge in [-0.2, -0.15) is 0 Å². The molecule has 0 radical (unpaired) electrons. The number of nitrogens with zero attached hydrogens (tertiary/aromatic N) is 2. The number of benzene rings is 1. The number of carbonyl (C=O) groups excluding carboxylic acids is 2. The molecule has 29 heavy (non-hydrogen) atoms. The van der Waals surface area contributed by atoms with Gasteiger partial charge in [-0.25, -0.2) is 0 Å². The van der Waals surface area contributed by atoms with Crippen LogP contribution in [0.3, 0.4) is 0 Å². The number of nitrogens with one attached hydrogen (secondary N) is 3. The van der Waals surface area contributed by atoms with Crippen molar-refractivity contribution in [3.05, 3.63) is 35.4 Å². The minimum Gasteiger partial charge on any atom is -0.381 e. The predicted octanol–water partition coefficient (Wildman–Crippen LogP) is 0.986. The fraction of sp³-hybridized carbons (Fsp3) is 0.571. The molecule has 0 saturated carbocycles. The van der Waals surface area contributed by atoms with Crippen LogP contribution < -0.4 is 16.0 Å². The van der Waals surface area contributed by atoms with Gasteiger partial charge in [-0.1, -0.05) is 26.0 Å². The molecule has 1 aliphatic heterocycles. The molecule has 0 unspecified atom stereocenters. The Hall–Kier alpha value is -2.61. The number of guanidine groups is 1. The van der Waals surface area contributed by atoms with Crippen molar-refractivity contribution in [2.24, 2.45) is 10.9 Å². The van der Waals surface area contributed by atoms with E-state index in [9.17, 15) is 9.59 Å². The van der Waals surface area contributed by atoms with Crippen LogP contribution in [-0.2, 0) is 16.1 Å². The third-order valence-electron chi connectivity index (χ3n) is 4.42. The molecule has 1 heterocycles. The van der Waals surface area contributed by atoms with Crippen LogP contribution in [0.1, 0.15) is 36.2 Å². The van der Waals surface area contributed by atoms with Gasteiger partial charge in [-0.3, -0.25) is 14.6 Å². The minimum absolute atomic E-state index is 0.114. The lowest BCUT2D eigenvalue weighted by molar-refractivity contribution is -0.123. The molecule has 2 amide bonds. The Morgan fingerprint density at radius 3 is 2.69 bits per heavy atom. The largest absolute Gasteiger partial charge is 0.381 e. The van der Waals surface area contributed by atoms with Crippen LogP contribution in [0.25, 0.3) is 0 Å². The number of ether oxygens (including phenoxy) is 1. The van der Waals surface area contributed by atoms with Crippen molar-refractivity contribution in [2.45, 2.75) is 26.8 Å². The summed E-state index contributed by atoms with van der Waals surface area (Å²) >= 11 is 0. The van der Waals surface area contributed by atoms with Crippen LogP contribution in [-0.4, -0.2) is 69.1 Å². The molecular weight excluding hydrogens is 370 g/mol. The monoisotopic (exact) mass is 403 g/mol. The van der Waals surface area contributed by atoms with Crippen LogP contribution in [0.2, 0.25) is 0 Å². The molecule has 8 heteroatoms. The Balaban J connectivity index is 1.72. The summed E-state index contributed by atoms with van der Waals surface area (Å²) in [6.45, 7) is 8.34. The molecule has 1 aromatic rings. The molecule has 0 aliphatic carbocycles. The van der Waals surface area contributed by atoms with E-state index in [0.717, 1.165) is 37.7 Å². The van der Waals surface area contributed by atoms with Crippen LogP contribution in [0.15, 0.2) is 29.3 Å². The van der Waals surface area contributed by atoms with E-state index in [-0.39, 0.29) is 18.4 Å². The lowest BCUT2D eigenvalue weighted by Crippen LogP contribution is -2.49. The zero-order chi connectivity index (χ0) is 21.1. The van der Waals surface area contributed by atoms with Gasteiger partial charge in [0.15, 0.2) is 5.96 Å². The molecule has 1 aromatic carbocycles. The van der Waals surface area contributed by atoms with E-state index in [1.54, 1.807) is 24.1 Å². The summed E-state index contributed by atoms with van der Waals surface area (Å²) in [5.74, 6) is 1.05. The van der Waals surface area contributed by atoms with Crippen LogP contribution in [0, 0.1) is 5.92 Å². The van der Waals surface area contributed by atoms with Crippen molar-refractivity contribution in [2.75, 3.05) is 46.4 Å². The first kappa shape index (κ1) is 22.7. The van der Waals surface area contributed by atoms with Gasteiger partial charge in [0.2, 0.25) is 5.91 Å². The Kier molecular flexibility index (Phi) is 9.43. The highest BCUT2D eigenvalue weighted by Crippen LogP contribution is 2.09. The molecule has 0 bridgehead atoms. The maximum absolute atomic E-state index is 12.5. The molecule has 160 valence electrons. The van der Waals surface area contributed by atoms with Crippen molar-refractivity contribution in [1.29, 1.82) is 0 Å². The fourth-order valence-electron chi connectivity index (χ4n) is 2.87. The van der Waals surface area contributed by atoms with E-state index in [2.05, 4.69) is 34.8 Å². The SMILES string of the molecule is CN=C(NCCCOCC(C)C)NCc1ccc(C(=O)N2CCNC(=O)C2)cc1.